The Morgan fingerprint density at radius 2 is 2.36 bits per heavy atom. The van der Waals surface area contributed by atoms with Gasteiger partial charge >= 0.3 is 0 Å². The number of hydrogen-bond acceptors (Lipinski definition) is 3. The molecule has 3 heterocycles. The first-order valence-corrected chi connectivity index (χ1v) is 5.30. The summed E-state index contributed by atoms with van der Waals surface area (Å²) >= 11 is 1.74. The predicted octanol–water partition coefficient (Wildman–Crippen LogP) is 2.55. The van der Waals surface area contributed by atoms with E-state index in [1.54, 1.807) is 18.0 Å². The smallest absolute Gasteiger partial charge is 0.153 e. The molecule has 0 unspecified atom stereocenters. The van der Waals surface area contributed by atoms with Gasteiger partial charge in [0.05, 0.1) is 4.90 Å². The average Bonchev–Trinajstić information content (AvgIpc) is 2.59. The Labute approximate surface area is 86.1 Å². The van der Waals surface area contributed by atoms with Crippen LogP contribution < -0.4 is 4.74 Å². The summed E-state index contributed by atoms with van der Waals surface area (Å²) in [6.45, 7) is 4.14. The van der Waals surface area contributed by atoms with Gasteiger partial charge in [-0.25, -0.2) is 4.98 Å². The Bertz CT molecular complexity index is 462. The van der Waals surface area contributed by atoms with Crippen LogP contribution in [-0.4, -0.2) is 14.3 Å². The molecule has 0 saturated carbocycles. The molecule has 0 amide bonds. The van der Waals surface area contributed by atoms with Crippen LogP contribution in [-0.2, 0) is 0 Å². The van der Waals surface area contributed by atoms with Gasteiger partial charge in [-0.2, -0.15) is 0 Å². The van der Waals surface area contributed by atoms with Crippen molar-refractivity contribution in [2.45, 2.75) is 23.7 Å². The van der Waals surface area contributed by atoms with Gasteiger partial charge in [0.1, 0.15) is 11.4 Å². The van der Waals surface area contributed by atoms with E-state index in [-0.39, 0.29) is 4.93 Å². The van der Waals surface area contributed by atoms with Crippen molar-refractivity contribution in [1.82, 2.24) is 9.38 Å². The van der Waals surface area contributed by atoms with E-state index in [1.807, 2.05) is 16.7 Å². The molecular weight excluding hydrogens is 196 g/mol. The third kappa shape index (κ3) is 1.10. The van der Waals surface area contributed by atoms with E-state index >= 15 is 0 Å². The monoisotopic (exact) mass is 206 g/mol. The minimum absolute atomic E-state index is 0.151. The van der Waals surface area contributed by atoms with Crippen LogP contribution in [0.15, 0.2) is 29.6 Å². The first-order valence-electron chi connectivity index (χ1n) is 4.49. The normalized spacial score (nSPS) is 18.1. The van der Waals surface area contributed by atoms with Crippen LogP contribution in [0.1, 0.15) is 13.8 Å². The zero-order valence-electron chi connectivity index (χ0n) is 8.02. The second-order valence-corrected chi connectivity index (χ2v) is 5.43. The van der Waals surface area contributed by atoms with Gasteiger partial charge in [-0.05, 0) is 13.8 Å². The summed E-state index contributed by atoms with van der Waals surface area (Å²) in [7, 11) is 0. The molecule has 0 saturated heterocycles. The Balaban J connectivity index is 2.22. The highest BCUT2D eigenvalue weighted by molar-refractivity contribution is 8.00. The van der Waals surface area contributed by atoms with Crippen molar-refractivity contribution in [2.75, 3.05) is 0 Å². The van der Waals surface area contributed by atoms with Gasteiger partial charge in [0.15, 0.2) is 4.93 Å². The van der Waals surface area contributed by atoms with Gasteiger partial charge in [0.2, 0.25) is 0 Å². The van der Waals surface area contributed by atoms with Gasteiger partial charge in [-0.15, -0.1) is 0 Å². The van der Waals surface area contributed by atoms with E-state index in [4.69, 9.17) is 4.74 Å². The Morgan fingerprint density at radius 1 is 1.50 bits per heavy atom. The van der Waals surface area contributed by atoms with Crippen molar-refractivity contribution in [3.8, 4) is 5.75 Å². The number of ether oxygens (including phenoxy) is 1. The first-order chi connectivity index (χ1) is 6.64. The molecule has 0 aromatic carbocycles. The van der Waals surface area contributed by atoms with Crippen molar-refractivity contribution >= 4 is 17.4 Å². The molecule has 0 radical (unpaired) electrons. The Morgan fingerprint density at radius 3 is 3.21 bits per heavy atom. The van der Waals surface area contributed by atoms with E-state index in [1.165, 1.54) is 4.90 Å². The lowest BCUT2D eigenvalue weighted by Crippen LogP contribution is -2.17. The van der Waals surface area contributed by atoms with Crippen molar-refractivity contribution in [1.29, 1.82) is 0 Å². The van der Waals surface area contributed by atoms with Crippen molar-refractivity contribution in [3.05, 3.63) is 24.7 Å². The van der Waals surface area contributed by atoms with E-state index in [2.05, 4.69) is 25.0 Å². The maximum atomic E-state index is 5.78. The van der Waals surface area contributed by atoms with E-state index in [0.29, 0.717) is 0 Å². The van der Waals surface area contributed by atoms with Gasteiger partial charge in [0, 0.05) is 24.7 Å². The number of imidazole rings is 1. The lowest BCUT2D eigenvalue weighted by Gasteiger charge is -2.15. The molecule has 0 N–H and O–H groups in total. The molecule has 2 aromatic heterocycles. The second kappa shape index (κ2) is 2.45. The van der Waals surface area contributed by atoms with Crippen LogP contribution in [0.4, 0.5) is 0 Å². The van der Waals surface area contributed by atoms with Crippen LogP contribution in [0, 0.1) is 0 Å². The number of rotatable bonds is 0. The molecule has 3 rings (SSSR count). The van der Waals surface area contributed by atoms with Gasteiger partial charge in [-0.3, -0.25) is 0 Å². The summed E-state index contributed by atoms with van der Waals surface area (Å²) in [5, 5.41) is 0. The predicted molar refractivity (Wildman–Crippen MR) is 55.8 cm³/mol. The number of thioether (sulfide) groups is 1. The molecule has 14 heavy (non-hydrogen) atoms. The number of nitrogens with zero attached hydrogens (tertiary/aromatic N) is 2. The van der Waals surface area contributed by atoms with Crippen LogP contribution >= 0.6 is 11.8 Å². The van der Waals surface area contributed by atoms with Gasteiger partial charge < -0.3 is 9.14 Å². The Hall–Kier alpha value is -1.16. The summed E-state index contributed by atoms with van der Waals surface area (Å²) in [5.41, 5.74) is 0.932. The lowest BCUT2D eigenvalue weighted by atomic mass is 10.4. The fraction of sp³-hybridized carbons (Fsp3) is 0.300. The fourth-order valence-corrected chi connectivity index (χ4v) is 2.66. The second-order valence-electron chi connectivity index (χ2n) is 3.80. The topological polar surface area (TPSA) is 26.5 Å². The van der Waals surface area contributed by atoms with E-state index in [9.17, 15) is 0 Å². The van der Waals surface area contributed by atoms with Crippen LogP contribution in [0.3, 0.4) is 0 Å². The minimum Gasteiger partial charge on any atom is -0.475 e. The van der Waals surface area contributed by atoms with Gasteiger partial charge in [-0.1, -0.05) is 11.8 Å². The first kappa shape index (κ1) is 8.17. The zero-order valence-corrected chi connectivity index (χ0v) is 8.84. The van der Waals surface area contributed by atoms with Crippen LogP contribution in [0.25, 0.3) is 5.65 Å². The molecule has 0 aliphatic carbocycles. The largest absolute Gasteiger partial charge is 0.475 e. The number of fused-ring (bicyclic) bond motifs is 2. The number of aromatic nitrogens is 2. The Kier molecular flexibility index (Phi) is 1.43. The lowest BCUT2D eigenvalue weighted by molar-refractivity contribution is 0.215. The molecular formula is C10H10N2OS. The summed E-state index contributed by atoms with van der Waals surface area (Å²) in [6, 6.07) is 1.98. The standard InChI is InChI=1S/C10H10N2OS/c1-10(2)13-7-5-9-11-3-4-12(9)6-8(7)14-10/h3-6H,1-2H3. The minimum atomic E-state index is -0.151. The highest BCUT2D eigenvalue weighted by Crippen LogP contribution is 2.46. The zero-order chi connectivity index (χ0) is 9.76. The van der Waals surface area contributed by atoms with Crippen molar-refractivity contribution in [3.63, 3.8) is 0 Å². The van der Waals surface area contributed by atoms with Gasteiger partial charge in [0.25, 0.3) is 0 Å². The molecule has 2 aromatic rings. The summed E-state index contributed by atoms with van der Waals surface area (Å²) in [4.78, 5) is 5.25. The highest BCUT2D eigenvalue weighted by atomic mass is 32.2. The third-order valence-corrected chi connectivity index (χ3v) is 3.27. The molecule has 4 heteroatoms. The van der Waals surface area contributed by atoms with Crippen molar-refractivity contribution < 1.29 is 4.74 Å². The summed E-state index contributed by atoms with van der Waals surface area (Å²) in [6.07, 6.45) is 5.80. The number of pyridine rings is 1. The average molecular weight is 206 g/mol. The molecule has 0 bridgehead atoms. The van der Waals surface area contributed by atoms with E-state index < -0.39 is 0 Å². The number of hydrogen-bond donors (Lipinski definition) is 0. The van der Waals surface area contributed by atoms with Crippen LogP contribution in [0.2, 0.25) is 0 Å². The molecule has 0 spiro atoms. The summed E-state index contributed by atoms with van der Waals surface area (Å²) < 4.78 is 7.79. The molecule has 72 valence electrons. The fourth-order valence-electron chi connectivity index (χ4n) is 1.63. The van der Waals surface area contributed by atoms with Crippen molar-refractivity contribution in [2.24, 2.45) is 0 Å². The third-order valence-electron chi connectivity index (χ3n) is 2.17. The molecule has 1 aliphatic rings. The molecule has 0 atom stereocenters. The SMILES string of the molecule is CC1(C)Oc2cc3nccn3cc2S1. The maximum Gasteiger partial charge on any atom is 0.153 e. The quantitative estimate of drug-likeness (QED) is 0.662. The van der Waals surface area contributed by atoms with E-state index in [0.717, 1.165) is 11.4 Å². The summed E-state index contributed by atoms with van der Waals surface area (Å²) in [5.74, 6) is 0.943. The molecule has 3 nitrogen and oxygen atoms in total. The maximum absolute atomic E-state index is 5.78. The molecule has 0 fully saturated rings. The molecule has 1 aliphatic heterocycles. The highest BCUT2D eigenvalue weighted by Gasteiger charge is 2.31. The van der Waals surface area contributed by atoms with Crippen LogP contribution in [0.5, 0.6) is 5.75 Å².